The topological polar surface area (TPSA) is 38.3 Å². The van der Waals surface area contributed by atoms with E-state index in [1.54, 1.807) is 6.92 Å². The number of ketones is 1. The van der Waals surface area contributed by atoms with Crippen molar-refractivity contribution < 1.29 is 9.53 Å². The fraction of sp³-hybridized carbons (Fsp3) is 0.857. The van der Waals surface area contributed by atoms with Crippen LogP contribution >= 0.6 is 0 Å². The molecule has 0 amide bonds. The lowest BCUT2D eigenvalue weighted by molar-refractivity contribution is -0.118. The molecule has 0 spiro atoms. The van der Waals surface area contributed by atoms with E-state index in [4.69, 9.17) is 4.74 Å². The summed E-state index contributed by atoms with van der Waals surface area (Å²) < 4.78 is 5.28. The quantitative estimate of drug-likeness (QED) is 0.573. The summed E-state index contributed by atoms with van der Waals surface area (Å²) in [7, 11) is 0. The summed E-state index contributed by atoms with van der Waals surface area (Å²) in [5.41, 5.74) is -0.323. The predicted octanol–water partition coefficient (Wildman–Crippen LogP) is 0.300. The Balaban J connectivity index is 2.51. The molecule has 3 nitrogen and oxygen atoms in total. The maximum absolute atomic E-state index is 10.8. The normalized spacial score (nSPS) is 30.5. The van der Waals surface area contributed by atoms with Crippen LogP contribution in [0.1, 0.15) is 20.8 Å². The van der Waals surface area contributed by atoms with Gasteiger partial charge in [-0.15, -0.1) is 0 Å². The van der Waals surface area contributed by atoms with Crippen LogP contribution in [-0.4, -0.2) is 24.2 Å². The van der Waals surface area contributed by atoms with Crippen LogP contribution in [0.4, 0.5) is 0 Å². The summed E-state index contributed by atoms with van der Waals surface area (Å²) >= 11 is 0. The molecular weight excluding hydrogens is 130 g/mol. The Morgan fingerprint density at radius 3 is 2.50 bits per heavy atom. The zero-order valence-electron chi connectivity index (χ0n) is 6.60. The minimum Gasteiger partial charge on any atom is -0.359 e. The first-order chi connectivity index (χ1) is 4.51. The molecular formula is C7H13NO2. The highest BCUT2D eigenvalue weighted by Crippen LogP contribution is 2.14. The number of ether oxygens (including phenoxy) is 1. The van der Waals surface area contributed by atoms with Gasteiger partial charge in [0.05, 0.1) is 12.6 Å². The van der Waals surface area contributed by atoms with Crippen molar-refractivity contribution in [3.05, 3.63) is 0 Å². The van der Waals surface area contributed by atoms with Gasteiger partial charge in [0.15, 0.2) is 0 Å². The average molecular weight is 143 g/mol. The molecule has 58 valence electrons. The maximum Gasteiger partial charge on any atom is 0.149 e. The van der Waals surface area contributed by atoms with Gasteiger partial charge in [-0.2, -0.15) is 0 Å². The largest absolute Gasteiger partial charge is 0.359 e. The second-order valence-electron chi connectivity index (χ2n) is 3.13. The lowest BCUT2D eigenvalue weighted by Crippen LogP contribution is -2.41. The van der Waals surface area contributed by atoms with E-state index in [-0.39, 0.29) is 17.6 Å². The van der Waals surface area contributed by atoms with Crippen molar-refractivity contribution in [2.24, 2.45) is 0 Å². The van der Waals surface area contributed by atoms with Crippen molar-refractivity contribution in [1.82, 2.24) is 5.32 Å². The molecule has 1 heterocycles. The number of nitrogens with one attached hydrogen (secondary N) is 1. The van der Waals surface area contributed by atoms with Crippen LogP contribution in [0.2, 0.25) is 0 Å². The molecule has 1 aliphatic heterocycles. The fourth-order valence-electron chi connectivity index (χ4n) is 1.01. The molecule has 0 aromatic carbocycles. The Hall–Kier alpha value is -0.410. The standard InChI is InChI=1S/C7H13NO2/c1-5(9)6-4-10-7(2,3)8-6/h6,8H,4H2,1-3H3/t6-/m1/s1. The van der Waals surface area contributed by atoms with Crippen molar-refractivity contribution in [2.75, 3.05) is 6.61 Å². The number of carbonyl (C=O) groups is 1. The minimum absolute atomic E-state index is 0.102. The molecule has 10 heavy (non-hydrogen) atoms. The molecule has 3 heteroatoms. The molecule has 1 aliphatic rings. The Kier molecular flexibility index (Phi) is 1.79. The third-order valence-corrected chi connectivity index (χ3v) is 1.62. The molecule has 0 unspecified atom stereocenters. The molecule has 0 aromatic heterocycles. The monoisotopic (exact) mass is 143 g/mol. The van der Waals surface area contributed by atoms with Gasteiger partial charge in [-0.1, -0.05) is 0 Å². The molecule has 1 saturated heterocycles. The van der Waals surface area contributed by atoms with Crippen molar-refractivity contribution >= 4 is 5.78 Å². The summed E-state index contributed by atoms with van der Waals surface area (Å²) in [5, 5.41) is 3.06. The number of carbonyl (C=O) groups excluding carboxylic acids is 1. The van der Waals surface area contributed by atoms with Gasteiger partial charge in [-0.05, 0) is 20.8 Å². The van der Waals surface area contributed by atoms with Crippen LogP contribution < -0.4 is 5.32 Å². The van der Waals surface area contributed by atoms with E-state index in [1.165, 1.54) is 0 Å². The third-order valence-electron chi connectivity index (χ3n) is 1.62. The summed E-state index contributed by atoms with van der Waals surface area (Å²) in [6.07, 6.45) is 0. The van der Waals surface area contributed by atoms with Gasteiger partial charge in [0.2, 0.25) is 0 Å². The van der Waals surface area contributed by atoms with E-state index in [1.807, 2.05) is 13.8 Å². The first kappa shape index (κ1) is 7.69. The minimum atomic E-state index is -0.323. The number of rotatable bonds is 1. The Bertz CT molecular complexity index is 154. The second kappa shape index (κ2) is 2.32. The van der Waals surface area contributed by atoms with E-state index in [9.17, 15) is 4.79 Å². The van der Waals surface area contributed by atoms with Crippen LogP contribution in [0.25, 0.3) is 0 Å². The summed E-state index contributed by atoms with van der Waals surface area (Å²) in [6, 6.07) is -0.102. The highest BCUT2D eigenvalue weighted by molar-refractivity contribution is 5.81. The second-order valence-corrected chi connectivity index (χ2v) is 3.13. The predicted molar refractivity (Wildman–Crippen MR) is 37.6 cm³/mol. The number of Topliss-reactive ketones (excluding diaryl/α,β-unsaturated/α-hetero) is 1. The van der Waals surface area contributed by atoms with Crippen molar-refractivity contribution in [3.8, 4) is 0 Å². The van der Waals surface area contributed by atoms with Crippen LogP contribution in [0.5, 0.6) is 0 Å². The van der Waals surface area contributed by atoms with Crippen LogP contribution in [0.3, 0.4) is 0 Å². The van der Waals surface area contributed by atoms with E-state index in [2.05, 4.69) is 5.32 Å². The fourth-order valence-corrected chi connectivity index (χ4v) is 1.01. The third kappa shape index (κ3) is 1.55. The first-order valence-corrected chi connectivity index (χ1v) is 3.43. The Morgan fingerprint density at radius 2 is 2.30 bits per heavy atom. The highest BCUT2D eigenvalue weighted by atomic mass is 16.5. The molecule has 1 rings (SSSR count). The van der Waals surface area contributed by atoms with Gasteiger partial charge >= 0.3 is 0 Å². The van der Waals surface area contributed by atoms with Crippen molar-refractivity contribution in [1.29, 1.82) is 0 Å². The number of hydrogen-bond donors (Lipinski definition) is 1. The van der Waals surface area contributed by atoms with E-state index < -0.39 is 0 Å². The zero-order chi connectivity index (χ0) is 7.78. The molecule has 1 N–H and O–H groups in total. The average Bonchev–Trinajstić information content (AvgIpc) is 2.10. The van der Waals surface area contributed by atoms with Gasteiger partial charge in [-0.25, -0.2) is 0 Å². The summed E-state index contributed by atoms with van der Waals surface area (Å²) in [5.74, 6) is 0.144. The maximum atomic E-state index is 10.8. The molecule has 1 atom stereocenters. The lowest BCUT2D eigenvalue weighted by Gasteiger charge is -2.16. The smallest absolute Gasteiger partial charge is 0.149 e. The Labute approximate surface area is 60.7 Å². The molecule has 0 saturated carbocycles. The van der Waals surface area contributed by atoms with Crippen molar-refractivity contribution in [2.45, 2.75) is 32.5 Å². The van der Waals surface area contributed by atoms with E-state index >= 15 is 0 Å². The molecule has 0 aliphatic carbocycles. The first-order valence-electron chi connectivity index (χ1n) is 3.43. The Morgan fingerprint density at radius 1 is 1.70 bits per heavy atom. The molecule has 0 aromatic rings. The van der Waals surface area contributed by atoms with Gasteiger partial charge < -0.3 is 4.74 Å². The highest BCUT2D eigenvalue weighted by Gasteiger charge is 2.32. The van der Waals surface area contributed by atoms with Crippen LogP contribution in [-0.2, 0) is 9.53 Å². The van der Waals surface area contributed by atoms with Gasteiger partial charge in [-0.3, -0.25) is 10.1 Å². The number of hydrogen-bond acceptors (Lipinski definition) is 3. The van der Waals surface area contributed by atoms with Crippen LogP contribution in [0, 0.1) is 0 Å². The zero-order valence-corrected chi connectivity index (χ0v) is 6.60. The van der Waals surface area contributed by atoms with Gasteiger partial charge in [0, 0.05) is 0 Å². The summed E-state index contributed by atoms with van der Waals surface area (Å²) in [6.45, 7) is 5.90. The molecule has 0 bridgehead atoms. The van der Waals surface area contributed by atoms with E-state index in [0.717, 1.165) is 0 Å². The van der Waals surface area contributed by atoms with Crippen molar-refractivity contribution in [3.63, 3.8) is 0 Å². The van der Waals surface area contributed by atoms with Crippen LogP contribution in [0.15, 0.2) is 0 Å². The molecule has 1 fully saturated rings. The van der Waals surface area contributed by atoms with Gasteiger partial charge in [0.25, 0.3) is 0 Å². The lowest BCUT2D eigenvalue weighted by atomic mass is 10.2. The van der Waals surface area contributed by atoms with E-state index in [0.29, 0.717) is 6.61 Å². The SMILES string of the molecule is CC(=O)[C@H]1COC(C)(C)N1. The molecule has 0 radical (unpaired) electrons. The van der Waals surface area contributed by atoms with Gasteiger partial charge in [0.1, 0.15) is 11.5 Å². The summed E-state index contributed by atoms with van der Waals surface area (Å²) in [4.78, 5) is 10.8.